The highest BCUT2D eigenvalue weighted by molar-refractivity contribution is 9.10. The number of nitrogens with one attached hydrogen (secondary N) is 1. The van der Waals surface area contributed by atoms with Crippen LogP contribution in [0.1, 0.15) is 12.5 Å². The molecule has 16 heavy (non-hydrogen) atoms. The third-order valence-corrected chi connectivity index (χ3v) is 2.34. The van der Waals surface area contributed by atoms with Crippen molar-refractivity contribution in [2.24, 2.45) is 5.10 Å². The maximum atomic E-state index is 10.8. The normalized spacial score (nSPS) is 11.1. The van der Waals surface area contributed by atoms with Gasteiger partial charge >= 0.3 is 6.09 Å². The third kappa shape index (κ3) is 3.23. The number of hydrazone groups is 1. The van der Waals surface area contributed by atoms with Gasteiger partial charge in [0.1, 0.15) is 5.75 Å². The van der Waals surface area contributed by atoms with Crippen LogP contribution in [-0.4, -0.2) is 24.0 Å². The van der Waals surface area contributed by atoms with Crippen molar-refractivity contribution in [3.05, 3.63) is 28.2 Å². The molecule has 1 aromatic carbocycles. The number of carbonyl (C=O) groups is 1. The van der Waals surface area contributed by atoms with Gasteiger partial charge in [0.05, 0.1) is 12.8 Å². The number of rotatable bonds is 2. The highest BCUT2D eigenvalue weighted by Crippen LogP contribution is 2.22. The molecule has 0 aliphatic rings. The first-order valence-corrected chi connectivity index (χ1v) is 5.21. The minimum Gasteiger partial charge on any atom is -0.507 e. The van der Waals surface area contributed by atoms with E-state index < -0.39 is 6.09 Å². The molecule has 0 spiro atoms. The molecule has 0 aliphatic heterocycles. The first-order chi connectivity index (χ1) is 7.54. The zero-order chi connectivity index (χ0) is 12.1. The smallest absolute Gasteiger partial charge is 0.427 e. The lowest BCUT2D eigenvalue weighted by atomic mass is 10.1. The monoisotopic (exact) mass is 286 g/mol. The molecule has 0 radical (unpaired) electrons. The Balaban J connectivity index is 2.91. The average Bonchev–Trinajstić information content (AvgIpc) is 2.28. The molecular formula is C10H11BrN2O3. The Labute approximate surface area is 101 Å². The van der Waals surface area contributed by atoms with Gasteiger partial charge in [-0.15, -0.1) is 0 Å². The lowest BCUT2D eigenvalue weighted by molar-refractivity contribution is 0.171. The van der Waals surface area contributed by atoms with Gasteiger partial charge in [-0.25, -0.2) is 10.2 Å². The maximum Gasteiger partial charge on any atom is 0.427 e. The van der Waals surface area contributed by atoms with Gasteiger partial charge in [-0.05, 0) is 25.1 Å². The SMILES string of the molecule is COC(=O)N/N=C(\C)c1cc(Br)ccc1O. The van der Waals surface area contributed by atoms with Gasteiger partial charge in [-0.1, -0.05) is 15.9 Å². The number of hydrogen-bond donors (Lipinski definition) is 2. The summed E-state index contributed by atoms with van der Waals surface area (Å²) in [6, 6.07) is 4.95. The van der Waals surface area contributed by atoms with Crippen molar-refractivity contribution in [1.82, 2.24) is 5.43 Å². The van der Waals surface area contributed by atoms with Crippen LogP contribution >= 0.6 is 15.9 Å². The number of methoxy groups -OCH3 is 1. The zero-order valence-electron chi connectivity index (χ0n) is 8.82. The number of phenols is 1. The highest BCUT2D eigenvalue weighted by atomic mass is 79.9. The quantitative estimate of drug-likeness (QED) is 0.647. The fourth-order valence-electron chi connectivity index (χ4n) is 1.03. The van der Waals surface area contributed by atoms with Crippen LogP contribution in [0, 0.1) is 0 Å². The van der Waals surface area contributed by atoms with Crippen LogP contribution in [0.25, 0.3) is 0 Å². The summed E-state index contributed by atoms with van der Waals surface area (Å²) in [5, 5.41) is 13.4. The third-order valence-electron chi connectivity index (χ3n) is 1.85. The van der Waals surface area contributed by atoms with E-state index in [9.17, 15) is 9.90 Å². The van der Waals surface area contributed by atoms with Gasteiger partial charge < -0.3 is 9.84 Å². The number of ether oxygens (including phenoxy) is 1. The minimum absolute atomic E-state index is 0.0936. The first-order valence-electron chi connectivity index (χ1n) is 4.41. The van der Waals surface area contributed by atoms with Gasteiger partial charge in [0.25, 0.3) is 0 Å². The van der Waals surface area contributed by atoms with Crippen LogP contribution < -0.4 is 5.43 Å². The number of carbonyl (C=O) groups excluding carboxylic acids is 1. The van der Waals surface area contributed by atoms with E-state index in [4.69, 9.17) is 0 Å². The molecular weight excluding hydrogens is 276 g/mol. The van der Waals surface area contributed by atoms with E-state index in [0.29, 0.717) is 11.3 Å². The molecule has 0 fully saturated rings. The molecule has 5 nitrogen and oxygen atoms in total. The Morgan fingerprint density at radius 1 is 1.56 bits per heavy atom. The van der Waals surface area contributed by atoms with Crippen LogP contribution in [0.2, 0.25) is 0 Å². The fourth-order valence-corrected chi connectivity index (χ4v) is 1.39. The summed E-state index contributed by atoms with van der Waals surface area (Å²) in [7, 11) is 1.25. The van der Waals surface area contributed by atoms with Crippen molar-refractivity contribution in [3.63, 3.8) is 0 Å². The van der Waals surface area contributed by atoms with Crippen molar-refractivity contribution >= 4 is 27.7 Å². The predicted octanol–water partition coefficient (Wildman–Crippen LogP) is 2.23. The Bertz CT molecular complexity index is 432. The molecule has 0 saturated heterocycles. The summed E-state index contributed by atoms with van der Waals surface area (Å²) >= 11 is 3.28. The molecule has 1 amide bonds. The number of halogens is 1. The predicted molar refractivity (Wildman–Crippen MR) is 63.6 cm³/mol. The topological polar surface area (TPSA) is 70.9 Å². The number of amides is 1. The maximum absolute atomic E-state index is 10.8. The molecule has 0 atom stereocenters. The van der Waals surface area contributed by atoms with Gasteiger partial charge in [0.2, 0.25) is 0 Å². The molecule has 1 rings (SSSR count). The van der Waals surface area contributed by atoms with E-state index in [1.54, 1.807) is 19.1 Å². The van der Waals surface area contributed by atoms with Crippen molar-refractivity contribution in [2.45, 2.75) is 6.92 Å². The molecule has 0 heterocycles. The average molecular weight is 287 g/mol. The minimum atomic E-state index is -0.658. The molecule has 0 aromatic heterocycles. The van der Waals surface area contributed by atoms with Crippen LogP contribution in [0.15, 0.2) is 27.8 Å². The highest BCUT2D eigenvalue weighted by Gasteiger charge is 2.06. The van der Waals surface area contributed by atoms with Crippen molar-refractivity contribution in [3.8, 4) is 5.75 Å². The van der Waals surface area contributed by atoms with Crippen LogP contribution in [0.5, 0.6) is 5.75 Å². The van der Waals surface area contributed by atoms with E-state index >= 15 is 0 Å². The first kappa shape index (κ1) is 12.5. The summed E-state index contributed by atoms with van der Waals surface area (Å²) in [4.78, 5) is 10.8. The van der Waals surface area contributed by atoms with Gasteiger partial charge in [0, 0.05) is 10.0 Å². The fraction of sp³-hybridized carbons (Fsp3) is 0.200. The van der Waals surface area contributed by atoms with E-state index in [0.717, 1.165) is 4.47 Å². The van der Waals surface area contributed by atoms with Crippen molar-refractivity contribution < 1.29 is 14.6 Å². The second-order valence-corrected chi connectivity index (χ2v) is 3.88. The van der Waals surface area contributed by atoms with Crippen molar-refractivity contribution in [2.75, 3.05) is 7.11 Å². The van der Waals surface area contributed by atoms with E-state index in [1.807, 2.05) is 0 Å². The van der Waals surface area contributed by atoms with Crippen LogP contribution in [0.3, 0.4) is 0 Å². The molecule has 0 aliphatic carbocycles. The summed E-state index contributed by atoms with van der Waals surface area (Å²) < 4.78 is 5.17. The lowest BCUT2D eigenvalue weighted by Gasteiger charge is -2.05. The molecule has 0 bridgehead atoms. The second kappa shape index (κ2) is 5.50. The number of phenolic OH excluding ortho intramolecular Hbond substituents is 1. The lowest BCUT2D eigenvalue weighted by Crippen LogP contribution is -2.18. The van der Waals surface area contributed by atoms with E-state index in [-0.39, 0.29) is 5.75 Å². The van der Waals surface area contributed by atoms with Gasteiger partial charge in [-0.3, -0.25) is 0 Å². The number of hydrogen-bond acceptors (Lipinski definition) is 4. The number of benzene rings is 1. The Kier molecular flexibility index (Phi) is 4.30. The van der Waals surface area contributed by atoms with Crippen LogP contribution in [-0.2, 0) is 4.74 Å². The van der Waals surface area contributed by atoms with E-state index in [2.05, 4.69) is 31.2 Å². The molecule has 0 saturated carbocycles. The summed E-state index contributed by atoms with van der Waals surface area (Å²) in [6.07, 6.45) is -0.658. The van der Waals surface area contributed by atoms with Crippen LogP contribution in [0.4, 0.5) is 4.79 Å². The second-order valence-electron chi connectivity index (χ2n) is 2.96. The molecule has 1 aromatic rings. The van der Waals surface area contributed by atoms with Gasteiger partial charge in [-0.2, -0.15) is 5.10 Å². The van der Waals surface area contributed by atoms with E-state index in [1.165, 1.54) is 13.2 Å². The molecule has 86 valence electrons. The largest absolute Gasteiger partial charge is 0.507 e. The summed E-state index contributed by atoms with van der Waals surface area (Å²) in [5.41, 5.74) is 3.19. The Morgan fingerprint density at radius 3 is 2.88 bits per heavy atom. The summed E-state index contributed by atoms with van der Waals surface area (Å²) in [5.74, 6) is 0.0936. The number of aromatic hydroxyl groups is 1. The van der Waals surface area contributed by atoms with Crippen molar-refractivity contribution in [1.29, 1.82) is 0 Å². The molecule has 6 heteroatoms. The summed E-state index contributed by atoms with van der Waals surface area (Å²) in [6.45, 7) is 1.66. The Morgan fingerprint density at radius 2 is 2.25 bits per heavy atom. The zero-order valence-corrected chi connectivity index (χ0v) is 10.4. The standard InChI is InChI=1S/C10H11BrN2O3/c1-6(12-13-10(15)16-2)8-5-7(11)3-4-9(8)14/h3-5,14H,1-2H3,(H,13,15)/b12-6+. The number of nitrogens with zero attached hydrogens (tertiary/aromatic N) is 1. The Hall–Kier alpha value is -1.56. The van der Waals surface area contributed by atoms with Gasteiger partial charge in [0.15, 0.2) is 0 Å². The molecule has 0 unspecified atom stereocenters. The molecule has 2 N–H and O–H groups in total.